The summed E-state index contributed by atoms with van der Waals surface area (Å²) < 4.78 is 5.03. The maximum atomic E-state index is 12.7. The SMILES string of the molecule is CCOC(=O)N1CCC(NC(=O)c2cc(C)nc(N3CCCCC3)n2)CC1. The standard InChI is InChI=1S/C19H29N5O3/c1-3-27-19(26)24-11-7-15(8-12-24)21-17(25)16-13-14(2)20-18(22-16)23-9-5-4-6-10-23/h13,15H,3-12H2,1-2H3,(H,21,25). The van der Waals surface area contributed by atoms with Gasteiger partial charge >= 0.3 is 6.09 Å². The summed E-state index contributed by atoms with van der Waals surface area (Å²) in [6, 6.07) is 1.77. The first-order valence-electron chi connectivity index (χ1n) is 9.90. The van der Waals surface area contributed by atoms with E-state index in [9.17, 15) is 9.59 Å². The Morgan fingerprint density at radius 2 is 1.85 bits per heavy atom. The highest BCUT2D eigenvalue weighted by Crippen LogP contribution is 2.17. The van der Waals surface area contributed by atoms with Crippen LogP contribution in [0.4, 0.5) is 10.7 Å². The highest BCUT2D eigenvalue weighted by atomic mass is 16.6. The maximum Gasteiger partial charge on any atom is 0.409 e. The summed E-state index contributed by atoms with van der Waals surface area (Å²) in [5, 5.41) is 3.06. The molecule has 3 heterocycles. The third kappa shape index (κ3) is 5.08. The van der Waals surface area contributed by atoms with E-state index < -0.39 is 0 Å². The minimum atomic E-state index is -0.278. The van der Waals surface area contributed by atoms with Crippen molar-refractivity contribution in [3.8, 4) is 0 Å². The van der Waals surface area contributed by atoms with Gasteiger partial charge in [0.15, 0.2) is 0 Å². The number of aryl methyl sites for hydroxylation is 1. The quantitative estimate of drug-likeness (QED) is 0.867. The average molecular weight is 375 g/mol. The lowest BCUT2D eigenvalue weighted by molar-refractivity contribution is 0.0856. The Morgan fingerprint density at radius 1 is 1.15 bits per heavy atom. The predicted molar refractivity (Wildman–Crippen MR) is 102 cm³/mol. The summed E-state index contributed by atoms with van der Waals surface area (Å²) >= 11 is 0. The first-order valence-corrected chi connectivity index (χ1v) is 9.90. The van der Waals surface area contributed by atoms with E-state index in [4.69, 9.17) is 4.74 Å². The molecule has 1 aromatic heterocycles. The molecule has 0 unspecified atom stereocenters. The molecule has 3 rings (SSSR count). The molecule has 148 valence electrons. The van der Waals surface area contributed by atoms with Crippen molar-refractivity contribution >= 4 is 17.9 Å². The molecule has 0 spiro atoms. The molecule has 2 aliphatic heterocycles. The molecule has 0 aliphatic carbocycles. The molecule has 2 saturated heterocycles. The number of carbonyl (C=O) groups is 2. The molecule has 0 aromatic carbocycles. The lowest BCUT2D eigenvalue weighted by atomic mass is 10.1. The number of nitrogens with zero attached hydrogens (tertiary/aromatic N) is 4. The van der Waals surface area contributed by atoms with Crippen molar-refractivity contribution in [3.63, 3.8) is 0 Å². The van der Waals surface area contributed by atoms with Crippen molar-refractivity contribution in [2.24, 2.45) is 0 Å². The number of amides is 2. The summed E-state index contributed by atoms with van der Waals surface area (Å²) in [7, 11) is 0. The zero-order chi connectivity index (χ0) is 19.2. The highest BCUT2D eigenvalue weighted by Gasteiger charge is 2.25. The maximum absolute atomic E-state index is 12.7. The van der Waals surface area contributed by atoms with Crippen molar-refractivity contribution in [2.75, 3.05) is 37.7 Å². The van der Waals surface area contributed by atoms with E-state index in [1.54, 1.807) is 17.9 Å². The predicted octanol–water partition coefficient (Wildman–Crippen LogP) is 2.13. The van der Waals surface area contributed by atoms with Crippen LogP contribution >= 0.6 is 0 Å². The van der Waals surface area contributed by atoms with Gasteiger partial charge in [-0.25, -0.2) is 14.8 Å². The summed E-state index contributed by atoms with van der Waals surface area (Å²) in [6.45, 7) is 7.13. The number of piperidine rings is 2. The van der Waals surface area contributed by atoms with E-state index in [0.29, 0.717) is 44.2 Å². The Balaban J connectivity index is 1.58. The molecule has 0 radical (unpaired) electrons. The zero-order valence-electron chi connectivity index (χ0n) is 16.2. The van der Waals surface area contributed by atoms with E-state index in [0.717, 1.165) is 31.6 Å². The van der Waals surface area contributed by atoms with Gasteiger partial charge in [-0.1, -0.05) is 0 Å². The monoisotopic (exact) mass is 375 g/mol. The van der Waals surface area contributed by atoms with Gasteiger partial charge in [0.25, 0.3) is 5.91 Å². The van der Waals surface area contributed by atoms with Gasteiger partial charge in [0.05, 0.1) is 6.61 Å². The molecule has 2 aliphatic rings. The van der Waals surface area contributed by atoms with Crippen LogP contribution in [0.2, 0.25) is 0 Å². The molecule has 0 bridgehead atoms. The van der Waals surface area contributed by atoms with E-state index in [-0.39, 0.29) is 18.0 Å². The van der Waals surface area contributed by atoms with Crippen molar-refractivity contribution in [3.05, 3.63) is 17.5 Å². The molecule has 2 amide bonds. The summed E-state index contributed by atoms with van der Waals surface area (Å²) in [5.41, 5.74) is 1.21. The van der Waals surface area contributed by atoms with E-state index in [1.807, 2.05) is 6.92 Å². The molecular weight excluding hydrogens is 346 g/mol. The van der Waals surface area contributed by atoms with Crippen LogP contribution in [0.25, 0.3) is 0 Å². The van der Waals surface area contributed by atoms with Crippen LogP contribution in [0.15, 0.2) is 6.07 Å². The zero-order valence-corrected chi connectivity index (χ0v) is 16.2. The van der Waals surface area contributed by atoms with Crippen molar-refractivity contribution in [1.82, 2.24) is 20.2 Å². The molecule has 0 saturated carbocycles. The van der Waals surface area contributed by atoms with Gasteiger partial charge in [-0.2, -0.15) is 0 Å². The molecule has 2 fully saturated rings. The lowest BCUT2D eigenvalue weighted by Gasteiger charge is -2.31. The van der Waals surface area contributed by atoms with Crippen LogP contribution in [0.3, 0.4) is 0 Å². The van der Waals surface area contributed by atoms with Crippen LogP contribution in [0, 0.1) is 6.92 Å². The van der Waals surface area contributed by atoms with E-state index in [1.165, 1.54) is 6.42 Å². The highest BCUT2D eigenvalue weighted by molar-refractivity contribution is 5.92. The second-order valence-corrected chi connectivity index (χ2v) is 7.18. The first kappa shape index (κ1) is 19.4. The molecule has 8 heteroatoms. The summed E-state index contributed by atoms with van der Waals surface area (Å²) in [6.07, 6.45) is 4.66. The van der Waals surface area contributed by atoms with Crippen LogP contribution in [-0.2, 0) is 4.74 Å². The molecule has 1 aromatic rings. The van der Waals surface area contributed by atoms with E-state index in [2.05, 4.69) is 20.2 Å². The fourth-order valence-electron chi connectivity index (χ4n) is 3.59. The molecule has 0 atom stereocenters. The van der Waals surface area contributed by atoms with Crippen molar-refractivity contribution in [1.29, 1.82) is 0 Å². The number of hydrogen-bond donors (Lipinski definition) is 1. The van der Waals surface area contributed by atoms with E-state index >= 15 is 0 Å². The first-order chi connectivity index (χ1) is 13.1. The van der Waals surface area contributed by atoms with Gasteiger partial charge in [0, 0.05) is 37.9 Å². The second kappa shape index (κ2) is 9.01. The fraction of sp³-hybridized carbons (Fsp3) is 0.684. The molecule has 1 N–H and O–H groups in total. The van der Waals surface area contributed by atoms with Crippen LogP contribution in [0.1, 0.15) is 55.2 Å². The minimum Gasteiger partial charge on any atom is -0.450 e. The Bertz CT molecular complexity index is 667. The minimum absolute atomic E-state index is 0.0388. The number of ether oxygens (including phenoxy) is 1. The Hall–Kier alpha value is -2.38. The Kier molecular flexibility index (Phi) is 6.47. The number of anilines is 1. The largest absolute Gasteiger partial charge is 0.450 e. The third-order valence-corrected chi connectivity index (χ3v) is 5.07. The van der Waals surface area contributed by atoms with Gasteiger partial charge in [-0.05, 0) is 52.0 Å². The summed E-state index contributed by atoms with van der Waals surface area (Å²) in [4.78, 5) is 37.3. The van der Waals surface area contributed by atoms with Gasteiger partial charge in [-0.15, -0.1) is 0 Å². The number of aromatic nitrogens is 2. The third-order valence-electron chi connectivity index (χ3n) is 5.07. The van der Waals surface area contributed by atoms with Gasteiger partial charge in [0.1, 0.15) is 5.69 Å². The average Bonchev–Trinajstić information content (AvgIpc) is 2.69. The molecule has 8 nitrogen and oxygen atoms in total. The smallest absolute Gasteiger partial charge is 0.409 e. The number of nitrogens with one attached hydrogen (secondary N) is 1. The van der Waals surface area contributed by atoms with Crippen molar-refractivity contribution < 1.29 is 14.3 Å². The van der Waals surface area contributed by atoms with Crippen LogP contribution in [-0.4, -0.2) is 65.7 Å². The van der Waals surface area contributed by atoms with Crippen LogP contribution < -0.4 is 10.2 Å². The second-order valence-electron chi connectivity index (χ2n) is 7.18. The summed E-state index contributed by atoms with van der Waals surface area (Å²) in [5.74, 6) is 0.477. The Labute approximate surface area is 160 Å². The molecule has 27 heavy (non-hydrogen) atoms. The fourth-order valence-corrected chi connectivity index (χ4v) is 3.59. The van der Waals surface area contributed by atoms with Crippen LogP contribution in [0.5, 0.6) is 0 Å². The van der Waals surface area contributed by atoms with Crippen molar-refractivity contribution in [2.45, 2.75) is 52.0 Å². The molecular formula is C19H29N5O3. The number of carbonyl (C=O) groups excluding carboxylic acids is 2. The van der Waals surface area contributed by atoms with Gasteiger partial charge < -0.3 is 19.9 Å². The lowest BCUT2D eigenvalue weighted by Crippen LogP contribution is -2.46. The number of rotatable bonds is 4. The normalized spacial score (nSPS) is 18.3. The number of hydrogen-bond acceptors (Lipinski definition) is 6. The topological polar surface area (TPSA) is 87.7 Å². The number of likely N-dealkylation sites (tertiary alicyclic amines) is 1. The van der Waals surface area contributed by atoms with Gasteiger partial charge in [-0.3, -0.25) is 4.79 Å². The Morgan fingerprint density at radius 3 is 2.52 bits per heavy atom. The van der Waals surface area contributed by atoms with Gasteiger partial charge in [0.2, 0.25) is 5.95 Å².